The number of amides is 1. The standard InChI is InChI=1S/C12H19N3O4S.ClH/c1-14-20(17,18)10-5-4-9(19-10)11(16)15-12(8-13)6-2-3-7-12;/h4-5,14H,2-3,6-8,13H2,1H3,(H,15,16);1H. The highest BCUT2D eigenvalue weighted by molar-refractivity contribution is 7.89. The van der Waals surface area contributed by atoms with Crippen molar-refractivity contribution in [2.75, 3.05) is 13.6 Å². The van der Waals surface area contributed by atoms with E-state index in [2.05, 4.69) is 10.0 Å². The van der Waals surface area contributed by atoms with E-state index in [0.29, 0.717) is 6.54 Å². The van der Waals surface area contributed by atoms with Gasteiger partial charge in [0, 0.05) is 6.54 Å². The van der Waals surface area contributed by atoms with Crippen molar-refractivity contribution in [2.45, 2.75) is 36.3 Å². The van der Waals surface area contributed by atoms with E-state index in [1.165, 1.54) is 19.2 Å². The average molecular weight is 338 g/mol. The van der Waals surface area contributed by atoms with E-state index in [0.717, 1.165) is 25.7 Å². The molecule has 4 N–H and O–H groups in total. The molecule has 7 nitrogen and oxygen atoms in total. The van der Waals surface area contributed by atoms with Crippen molar-refractivity contribution < 1.29 is 17.6 Å². The number of rotatable bonds is 5. The monoisotopic (exact) mass is 337 g/mol. The van der Waals surface area contributed by atoms with Crippen LogP contribution in [0, 0.1) is 0 Å². The summed E-state index contributed by atoms with van der Waals surface area (Å²) in [6.07, 6.45) is 3.71. The summed E-state index contributed by atoms with van der Waals surface area (Å²) in [5, 5.41) is 2.59. The molecule has 21 heavy (non-hydrogen) atoms. The maximum absolute atomic E-state index is 12.1. The first kappa shape index (κ1) is 18.0. The van der Waals surface area contributed by atoms with Gasteiger partial charge >= 0.3 is 0 Å². The number of nitrogens with two attached hydrogens (primary N) is 1. The molecule has 0 aliphatic heterocycles. The number of halogens is 1. The zero-order chi connectivity index (χ0) is 14.8. The van der Waals surface area contributed by atoms with Gasteiger partial charge < -0.3 is 15.5 Å². The number of hydrogen-bond donors (Lipinski definition) is 3. The molecular formula is C12H20ClN3O4S. The minimum atomic E-state index is -3.68. The second kappa shape index (κ2) is 6.78. The van der Waals surface area contributed by atoms with Gasteiger partial charge in [0.15, 0.2) is 5.76 Å². The van der Waals surface area contributed by atoms with Crippen LogP contribution in [0.2, 0.25) is 0 Å². The van der Waals surface area contributed by atoms with Crippen molar-refractivity contribution >= 4 is 28.3 Å². The van der Waals surface area contributed by atoms with Gasteiger partial charge in [0.1, 0.15) is 0 Å². The fourth-order valence-corrected chi connectivity index (χ4v) is 3.07. The third kappa shape index (κ3) is 3.76. The van der Waals surface area contributed by atoms with Crippen molar-refractivity contribution in [1.29, 1.82) is 0 Å². The van der Waals surface area contributed by atoms with E-state index >= 15 is 0 Å². The highest BCUT2D eigenvalue weighted by atomic mass is 35.5. The number of nitrogens with one attached hydrogen (secondary N) is 2. The van der Waals surface area contributed by atoms with Gasteiger partial charge in [0.2, 0.25) is 5.09 Å². The molecule has 1 aromatic heterocycles. The van der Waals surface area contributed by atoms with Crippen LogP contribution in [0.25, 0.3) is 0 Å². The van der Waals surface area contributed by atoms with Crippen LogP contribution in [-0.2, 0) is 10.0 Å². The van der Waals surface area contributed by atoms with Crippen molar-refractivity contribution in [3.8, 4) is 0 Å². The lowest BCUT2D eigenvalue weighted by Gasteiger charge is -2.28. The Kier molecular flexibility index (Phi) is 5.80. The van der Waals surface area contributed by atoms with Crippen molar-refractivity contribution in [3.05, 3.63) is 17.9 Å². The zero-order valence-electron chi connectivity index (χ0n) is 11.7. The number of furan rings is 1. The predicted octanol–water partition coefficient (Wildman–Crippen LogP) is 0.611. The Morgan fingerprint density at radius 2 is 2.00 bits per heavy atom. The van der Waals surface area contributed by atoms with Gasteiger partial charge in [-0.2, -0.15) is 0 Å². The fraction of sp³-hybridized carbons (Fsp3) is 0.583. The Morgan fingerprint density at radius 1 is 1.38 bits per heavy atom. The Morgan fingerprint density at radius 3 is 2.52 bits per heavy atom. The highest BCUT2D eigenvalue weighted by Crippen LogP contribution is 2.29. The number of carbonyl (C=O) groups is 1. The maximum Gasteiger partial charge on any atom is 0.287 e. The Bertz CT molecular complexity index is 593. The molecule has 1 aliphatic carbocycles. The molecule has 1 saturated carbocycles. The third-order valence-electron chi connectivity index (χ3n) is 3.67. The average Bonchev–Trinajstić information content (AvgIpc) is 3.08. The van der Waals surface area contributed by atoms with Crippen LogP contribution in [0.1, 0.15) is 36.2 Å². The number of hydrogen-bond acceptors (Lipinski definition) is 5. The maximum atomic E-state index is 12.1. The minimum Gasteiger partial charge on any atom is -0.438 e. The van der Waals surface area contributed by atoms with E-state index in [1.54, 1.807) is 0 Å². The van der Waals surface area contributed by atoms with Crippen LogP contribution in [0.3, 0.4) is 0 Å². The van der Waals surface area contributed by atoms with Crippen LogP contribution >= 0.6 is 12.4 Å². The fourth-order valence-electron chi connectivity index (χ4n) is 2.42. The van der Waals surface area contributed by atoms with Gasteiger partial charge in [-0.1, -0.05) is 12.8 Å². The second-order valence-corrected chi connectivity index (χ2v) is 6.79. The quantitative estimate of drug-likeness (QED) is 0.728. The summed E-state index contributed by atoms with van der Waals surface area (Å²) in [5.41, 5.74) is 5.34. The molecule has 9 heteroatoms. The number of carbonyl (C=O) groups excluding carboxylic acids is 1. The van der Waals surface area contributed by atoms with E-state index in [-0.39, 0.29) is 23.3 Å². The largest absolute Gasteiger partial charge is 0.438 e. The normalized spacial score (nSPS) is 17.2. The van der Waals surface area contributed by atoms with Crippen LogP contribution in [-0.4, -0.2) is 33.5 Å². The Hall–Kier alpha value is -1.09. The van der Waals surface area contributed by atoms with Crippen molar-refractivity contribution in [1.82, 2.24) is 10.0 Å². The van der Waals surface area contributed by atoms with E-state index in [4.69, 9.17) is 10.2 Å². The van der Waals surface area contributed by atoms with Gasteiger partial charge in [-0.15, -0.1) is 12.4 Å². The van der Waals surface area contributed by atoms with Gasteiger partial charge in [0.25, 0.3) is 15.9 Å². The lowest BCUT2D eigenvalue weighted by Crippen LogP contribution is -2.51. The highest BCUT2D eigenvalue weighted by Gasteiger charge is 2.35. The molecule has 1 aliphatic rings. The first-order valence-corrected chi connectivity index (χ1v) is 7.97. The van der Waals surface area contributed by atoms with Gasteiger partial charge in [0.05, 0.1) is 5.54 Å². The van der Waals surface area contributed by atoms with Crippen molar-refractivity contribution in [2.24, 2.45) is 5.73 Å². The molecule has 0 aromatic carbocycles. The summed E-state index contributed by atoms with van der Waals surface area (Å²) in [6.45, 7) is 0.362. The molecule has 2 rings (SSSR count). The first-order chi connectivity index (χ1) is 9.42. The summed E-state index contributed by atoms with van der Waals surface area (Å²) in [4.78, 5) is 12.1. The lowest BCUT2D eigenvalue weighted by molar-refractivity contribution is 0.0869. The summed E-state index contributed by atoms with van der Waals surface area (Å²) in [7, 11) is -2.40. The Labute approximate surface area is 130 Å². The van der Waals surface area contributed by atoms with E-state index in [1.807, 2.05) is 0 Å². The van der Waals surface area contributed by atoms with E-state index < -0.39 is 21.5 Å². The lowest BCUT2D eigenvalue weighted by atomic mass is 9.98. The predicted molar refractivity (Wildman–Crippen MR) is 79.9 cm³/mol. The van der Waals surface area contributed by atoms with Crippen LogP contribution in [0.5, 0.6) is 0 Å². The molecule has 1 heterocycles. The molecule has 1 amide bonds. The molecule has 1 fully saturated rings. The molecular weight excluding hydrogens is 318 g/mol. The van der Waals surface area contributed by atoms with Gasteiger partial charge in [-0.05, 0) is 32.0 Å². The summed E-state index contributed by atoms with van der Waals surface area (Å²) in [5.74, 6) is -0.464. The number of sulfonamides is 1. The Balaban J connectivity index is 0.00000220. The zero-order valence-corrected chi connectivity index (χ0v) is 13.4. The minimum absolute atomic E-state index is 0. The SMILES string of the molecule is CNS(=O)(=O)c1ccc(C(=O)NC2(CN)CCCC2)o1.Cl. The molecule has 120 valence electrons. The summed E-state index contributed by atoms with van der Waals surface area (Å²) in [6, 6.07) is 2.60. The smallest absolute Gasteiger partial charge is 0.287 e. The molecule has 0 atom stereocenters. The van der Waals surface area contributed by atoms with Crippen LogP contribution < -0.4 is 15.8 Å². The second-order valence-electron chi connectivity index (χ2n) is 4.97. The summed E-state index contributed by atoms with van der Waals surface area (Å²) < 4.78 is 30.3. The first-order valence-electron chi connectivity index (χ1n) is 6.48. The third-order valence-corrected chi connectivity index (χ3v) is 4.96. The van der Waals surface area contributed by atoms with Crippen LogP contribution in [0.4, 0.5) is 0 Å². The molecule has 0 unspecified atom stereocenters. The van der Waals surface area contributed by atoms with Gasteiger partial charge in [-0.3, -0.25) is 4.79 Å². The van der Waals surface area contributed by atoms with Crippen LogP contribution in [0.15, 0.2) is 21.6 Å². The van der Waals surface area contributed by atoms with Crippen molar-refractivity contribution in [3.63, 3.8) is 0 Å². The molecule has 0 radical (unpaired) electrons. The van der Waals surface area contributed by atoms with Gasteiger partial charge in [-0.25, -0.2) is 13.1 Å². The topological polar surface area (TPSA) is 114 Å². The molecule has 0 saturated heterocycles. The van der Waals surface area contributed by atoms with E-state index in [9.17, 15) is 13.2 Å². The molecule has 0 spiro atoms. The summed E-state index contributed by atoms with van der Waals surface area (Å²) >= 11 is 0. The molecule has 1 aromatic rings. The molecule has 0 bridgehead atoms.